The number of carboxylic acid groups (broad SMARTS) is 1. The molecule has 21 heavy (non-hydrogen) atoms. The molecule has 1 aromatic rings. The number of nitrogens with two attached hydrogens (primary N) is 1. The Labute approximate surface area is 125 Å². The van der Waals surface area contributed by atoms with Gasteiger partial charge in [-0.15, -0.1) is 11.3 Å². The molecular formula is C13H17N3O4S. The average Bonchev–Trinajstić information content (AvgIpc) is 3.08. The van der Waals surface area contributed by atoms with E-state index in [1.54, 1.807) is 6.07 Å². The smallest absolute Gasteiger partial charge is 0.326 e. The van der Waals surface area contributed by atoms with Crippen molar-refractivity contribution in [2.24, 2.45) is 5.73 Å². The molecule has 0 spiro atoms. The van der Waals surface area contributed by atoms with Crippen molar-refractivity contribution in [3.8, 4) is 0 Å². The first kappa shape index (κ1) is 15.3. The molecule has 1 aliphatic rings. The van der Waals surface area contributed by atoms with Crippen molar-refractivity contribution in [2.45, 2.75) is 31.3 Å². The maximum atomic E-state index is 12.3. The van der Waals surface area contributed by atoms with Gasteiger partial charge in [0.1, 0.15) is 6.04 Å². The fourth-order valence-corrected chi connectivity index (χ4v) is 3.28. The molecule has 8 heteroatoms. The lowest BCUT2D eigenvalue weighted by Crippen LogP contribution is -2.43. The summed E-state index contributed by atoms with van der Waals surface area (Å²) in [5.74, 6) is -1.27. The van der Waals surface area contributed by atoms with Gasteiger partial charge in [0.2, 0.25) is 5.91 Å². The summed E-state index contributed by atoms with van der Waals surface area (Å²) in [7, 11) is 0. The zero-order valence-corrected chi connectivity index (χ0v) is 12.1. The second-order valence-corrected chi connectivity index (χ2v) is 5.84. The van der Waals surface area contributed by atoms with Gasteiger partial charge in [0.05, 0.1) is 12.5 Å². The van der Waals surface area contributed by atoms with E-state index in [4.69, 9.17) is 10.8 Å². The third-order valence-electron chi connectivity index (χ3n) is 3.44. The van der Waals surface area contributed by atoms with E-state index >= 15 is 0 Å². The second-order valence-electron chi connectivity index (χ2n) is 4.86. The summed E-state index contributed by atoms with van der Waals surface area (Å²) in [6, 6.07) is 1.62. The SMILES string of the molecule is NC(=O)NC(CC(=O)N1CCCC1C(=O)O)c1cccs1. The molecule has 1 fully saturated rings. The van der Waals surface area contributed by atoms with Crippen molar-refractivity contribution in [2.75, 3.05) is 6.54 Å². The number of urea groups is 1. The van der Waals surface area contributed by atoms with Gasteiger partial charge in [-0.1, -0.05) is 6.07 Å². The second kappa shape index (κ2) is 6.57. The number of carbonyl (C=O) groups excluding carboxylic acids is 2. The molecule has 3 amide bonds. The van der Waals surface area contributed by atoms with Crippen LogP contribution in [-0.2, 0) is 9.59 Å². The Balaban J connectivity index is 2.07. The summed E-state index contributed by atoms with van der Waals surface area (Å²) in [6.45, 7) is 0.434. The van der Waals surface area contributed by atoms with Gasteiger partial charge in [0.15, 0.2) is 0 Å². The topological polar surface area (TPSA) is 113 Å². The number of primary amides is 1. The molecule has 1 saturated heterocycles. The van der Waals surface area contributed by atoms with Crippen LogP contribution in [0.2, 0.25) is 0 Å². The van der Waals surface area contributed by atoms with Crippen LogP contribution in [0.5, 0.6) is 0 Å². The lowest BCUT2D eigenvalue weighted by atomic mass is 10.1. The van der Waals surface area contributed by atoms with Crippen LogP contribution in [0.3, 0.4) is 0 Å². The van der Waals surface area contributed by atoms with Crippen molar-refractivity contribution in [3.63, 3.8) is 0 Å². The van der Waals surface area contributed by atoms with Gasteiger partial charge in [-0.25, -0.2) is 9.59 Å². The molecule has 1 aliphatic heterocycles. The monoisotopic (exact) mass is 311 g/mol. The molecule has 2 unspecified atom stereocenters. The van der Waals surface area contributed by atoms with Crippen LogP contribution < -0.4 is 11.1 Å². The maximum Gasteiger partial charge on any atom is 0.326 e. The zero-order valence-electron chi connectivity index (χ0n) is 11.3. The Hall–Kier alpha value is -2.09. The fourth-order valence-electron chi connectivity index (χ4n) is 2.50. The summed E-state index contributed by atoms with van der Waals surface area (Å²) in [5, 5.41) is 13.5. The lowest BCUT2D eigenvalue weighted by molar-refractivity contribution is -0.148. The maximum absolute atomic E-state index is 12.3. The van der Waals surface area contributed by atoms with Gasteiger partial charge < -0.3 is 21.1 Å². The minimum absolute atomic E-state index is 0.00718. The van der Waals surface area contributed by atoms with Crippen molar-refractivity contribution >= 4 is 29.2 Å². The number of carboxylic acids is 1. The van der Waals surface area contributed by atoms with Crippen LogP contribution in [0.4, 0.5) is 4.79 Å². The van der Waals surface area contributed by atoms with Crippen LogP contribution in [-0.4, -0.2) is 40.5 Å². The molecule has 2 atom stereocenters. The van der Waals surface area contributed by atoms with Crippen molar-refractivity contribution in [3.05, 3.63) is 22.4 Å². The summed E-state index contributed by atoms with van der Waals surface area (Å²) >= 11 is 1.41. The van der Waals surface area contributed by atoms with E-state index < -0.39 is 24.1 Å². The molecule has 0 aromatic carbocycles. The molecule has 0 bridgehead atoms. The number of hydrogen-bond acceptors (Lipinski definition) is 4. The van der Waals surface area contributed by atoms with E-state index in [9.17, 15) is 14.4 Å². The molecule has 2 heterocycles. The predicted octanol–water partition coefficient (Wildman–Crippen LogP) is 0.923. The molecule has 114 valence electrons. The molecular weight excluding hydrogens is 294 g/mol. The van der Waals surface area contributed by atoms with Crippen LogP contribution in [0, 0.1) is 0 Å². The van der Waals surface area contributed by atoms with Crippen LogP contribution in [0.1, 0.15) is 30.2 Å². The Morgan fingerprint density at radius 3 is 2.86 bits per heavy atom. The molecule has 7 nitrogen and oxygen atoms in total. The van der Waals surface area contributed by atoms with E-state index in [0.29, 0.717) is 19.4 Å². The quantitative estimate of drug-likeness (QED) is 0.750. The highest BCUT2D eigenvalue weighted by Crippen LogP contribution is 2.25. The fraction of sp³-hybridized carbons (Fsp3) is 0.462. The van der Waals surface area contributed by atoms with Crippen molar-refractivity contribution in [1.29, 1.82) is 0 Å². The Kier molecular flexibility index (Phi) is 4.79. The van der Waals surface area contributed by atoms with Crippen molar-refractivity contribution < 1.29 is 19.5 Å². The van der Waals surface area contributed by atoms with Gasteiger partial charge in [-0.05, 0) is 24.3 Å². The Morgan fingerprint density at radius 2 is 2.29 bits per heavy atom. The first-order chi connectivity index (χ1) is 9.99. The van der Waals surface area contributed by atoms with E-state index in [-0.39, 0.29) is 12.3 Å². The largest absolute Gasteiger partial charge is 0.480 e. The normalized spacial score (nSPS) is 19.2. The molecule has 0 aliphatic carbocycles. The Bertz CT molecular complexity index is 532. The molecule has 0 saturated carbocycles. The molecule has 4 N–H and O–H groups in total. The van der Waals surface area contributed by atoms with Crippen molar-refractivity contribution in [1.82, 2.24) is 10.2 Å². The third-order valence-corrected chi connectivity index (χ3v) is 4.43. The molecule has 2 rings (SSSR count). The summed E-state index contributed by atoms with van der Waals surface area (Å²) in [6.07, 6.45) is 1.15. The van der Waals surface area contributed by atoms with Gasteiger partial charge in [0, 0.05) is 11.4 Å². The lowest BCUT2D eigenvalue weighted by Gasteiger charge is -2.24. The van der Waals surface area contributed by atoms with Gasteiger partial charge in [-0.3, -0.25) is 4.79 Å². The highest BCUT2D eigenvalue weighted by Gasteiger charge is 2.35. The highest BCUT2D eigenvalue weighted by molar-refractivity contribution is 7.10. The minimum atomic E-state index is -0.989. The number of likely N-dealkylation sites (tertiary alicyclic amines) is 1. The van der Waals surface area contributed by atoms with E-state index in [2.05, 4.69) is 5.32 Å². The van der Waals surface area contributed by atoms with E-state index in [0.717, 1.165) is 4.88 Å². The minimum Gasteiger partial charge on any atom is -0.480 e. The summed E-state index contributed by atoms with van der Waals surface area (Å²) < 4.78 is 0. The molecule has 0 radical (unpaired) electrons. The molecule has 1 aromatic heterocycles. The highest BCUT2D eigenvalue weighted by atomic mass is 32.1. The number of rotatable bonds is 5. The first-order valence-electron chi connectivity index (χ1n) is 6.60. The number of carbonyl (C=O) groups is 3. The van der Waals surface area contributed by atoms with Gasteiger partial charge >= 0.3 is 12.0 Å². The van der Waals surface area contributed by atoms with Gasteiger partial charge in [-0.2, -0.15) is 0 Å². The first-order valence-corrected chi connectivity index (χ1v) is 7.48. The summed E-state index contributed by atoms with van der Waals surface area (Å²) in [4.78, 5) is 36.7. The van der Waals surface area contributed by atoms with Crippen LogP contribution in [0.15, 0.2) is 17.5 Å². The number of amides is 3. The number of thiophene rings is 1. The third kappa shape index (κ3) is 3.72. The average molecular weight is 311 g/mol. The van der Waals surface area contributed by atoms with Crippen LogP contribution >= 0.6 is 11.3 Å². The number of nitrogens with one attached hydrogen (secondary N) is 1. The number of hydrogen-bond donors (Lipinski definition) is 3. The Morgan fingerprint density at radius 1 is 1.52 bits per heavy atom. The van der Waals surface area contributed by atoms with Gasteiger partial charge in [0.25, 0.3) is 0 Å². The van der Waals surface area contributed by atoms with E-state index in [1.807, 2.05) is 11.4 Å². The standard InChI is InChI=1S/C13H17N3O4S/c14-13(20)15-8(10-4-2-6-21-10)7-11(17)16-5-1-3-9(16)12(18)19/h2,4,6,8-9H,1,3,5,7H2,(H,18,19)(H3,14,15,20). The predicted molar refractivity (Wildman–Crippen MR) is 76.8 cm³/mol. The zero-order chi connectivity index (χ0) is 15.4. The number of aliphatic carboxylic acids is 1. The van der Waals surface area contributed by atoms with E-state index in [1.165, 1.54) is 16.2 Å². The summed E-state index contributed by atoms with van der Waals surface area (Å²) in [5.41, 5.74) is 5.14. The number of nitrogens with zero attached hydrogens (tertiary/aromatic N) is 1. The van der Waals surface area contributed by atoms with Crippen LogP contribution in [0.25, 0.3) is 0 Å².